The molecule has 0 radical (unpaired) electrons. The minimum atomic E-state index is -0.690. The Kier molecular flexibility index (Phi) is 3.87. The Morgan fingerprint density at radius 1 is 1.58 bits per heavy atom. The third-order valence-electron chi connectivity index (χ3n) is 4.20. The van der Waals surface area contributed by atoms with Crippen molar-refractivity contribution in [3.05, 3.63) is 16.4 Å². The van der Waals surface area contributed by atoms with Crippen LogP contribution in [-0.4, -0.2) is 38.8 Å². The molecule has 5 nitrogen and oxygen atoms in total. The van der Waals surface area contributed by atoms with E-state index in [1.807, 2.05) is 20.9 Å². The largest absolute Gasteiger partial charge is 0.481 e. The highest BCUT2D eigenvalue weighted by molar-refractivity contribution is 6.31. The lowest BCUT2D eigenvalue weighted by Gasteiger charge is -2.23. The molecule has 1 aromatic heterocycles. The van der Waals surface area contributed by atoms with E-state index in [4.69, 9.17) is 11.6 Å². The van der Waals surface area contributed by atoms with E-state index in [9.17, 15) is 9.90 Å². The number of rotatable bonds is 4. The molecular formula is C13H20ClN3O2. The van der Waals surface area contributed by atoms with E-state index in [1.54, 1.807) is 4.68 Å². The second-order valence-electron chi connectivity index (χ2n) is 5.37. The molecule has 0 aromatic carbocycles. The van der Waals surface area contributed by atoms with Crippen molar-refractivity contribution in [2.45, 2.75) is 33.2 Å². The molecule has 19 heavy (non-hydrogen) atoms. The number of aliphatic carboxylic acids is 1. The molecule has 1 aromatic rings. The van der Waals surface area contributed by atoms with Crippen LogP contribution in [-0.2, 0) is 18.4 Å². The Hall–Kier alpha value is -1.07. The Morgan fingerprint density at radius 3 is 2.68 bits per heavy atom. The van der Waals surface area contributed by atoms with Crippen LogP contribution < -0.4 is 0 Å². The highest BCUT2D eigenvalue weighted by atomic mass is 35.5. The topological polar surface area (TPSA) is 58.4 Å². The third kappa shape index (κ3) is 2.49. The van der Waals surface area contributed by atoms with E-state index in [-0.39, 0.29) is 0 Å². The first kappa shape index (κ1) is 14.3. The predicted molar refractivity (Wildman–Crippen MR) is 73.2 cm³/mol. The highest BCUT2D eigenvalue weighted by Gasteiger charge is 2.43. The summed E-state index contributed by atoms with van der Waals surface area (Å²) < 4.78 is 1.78. The van der Waals surface area contributed by atoms with E-state index in [0.29, 0.717) is 31.0 Å². The van der Waals surface area contributed by atoms with Crippen molar-refractivity contribution in [1.29, 1.82) is 0 Å². The van der Waals surface area contributed by atoms with Gasteiger partial charge < -0.3 is 5.11 Å². The summed E-state index contributed by atoms with van der Waals surface area (Å²) in [7, 11) is 1.87. The van der Waals surface area contributed by atoms with Crippen molar-refractivity contribution in [2.24, 2.45) is 12.5 Å². The fourth-order valence-electron chi connectivity index (χ4n) is 2.77. The van der Waals surface area contributed by atoms with Gasteiger partial charge >= 0.3 is 5.97 Å². The Balaban J connectivity index is 2.12. The molecule has 1 unspecified atom stereocenters. The molecule has 0 aliphatic carbocycles. The molecule has 1 saturated heterocycles. The average Bonchev–Trinajstić information content (AvgIpc) is 2.88. The number of aryl methyl sites for hydroxylation is 2. The molecule has 1 aliphatic rings. The van der Waals surface area contributed by atoms with E-state index >= 15 is 0 Å². The van der Waals surface area contributed by atoms with Crippen molar-refractivity contribution in [3.8, 4) is 0 Å². The van der Waals surface area contributed by atoms with Crippen LogP contribution in [0.2, 0.25) is 5.02 Å². The van der Waals surface area contributed by atoms with Gasteiger partial charge in [-0.2, -0.15) is 5.10 Å². The molecule has 2 heterocycles. The van der Waals surface area contributed by atoms with E-state index in [2.05, 4.69) is 10.00 Å². The molecule has 0 amide bonds. The summed E-state index contributed by atoms with van der Waals surface area (Å²) in [4.78, 5) is 13.6. The van der Waals surface area contributed by atoms with Gasteiger partial charge in [0.15, 0.2) is 0 Å². The zero-order valence-electron chi connectivity index (χ0n) is 11.6. The lowest BCUT2D eigenvalue weighted by Crippen LogP contribution is -2.34. The Labute approximate surface area is 118 Å². The predicted octanol–water partition coefficient (Wildman–Crippen LogP) is 2.07. The van der Waals surface area contributed by atoms with E-state index in [0.717, 1.165) is 17.9 Å². The van der Waals surface area contributed by atoms with E-state index in [1.165, 1.54) is 0 Å². The molecular weight excluding hydrogens is 266 g/mol. The van der Waals surface area contributed by atoms with Crippen molar-refractivity contribution in [2.75, 3.05) is 13.1 Å². The van der Waals surface area contributed by atoms with Gasteiger partial charge in [0, 0.05) is 20.1 Å². The smallest absolute Gasteiger partial charge is 0.310 e. The second kappa shape index (κ2) is 5.13. The van der Waals surface area contributed by atoms with Gasteiger partial charge in [-0.25, -0.2) is 0 Å². The first-order valence-electron chi connectivity index (χ1n) is 6.53. The van der Waals surface area contributed by atoms with Gasteiger partial charge in [-0.05, 0) is 26.3 Å². The van der Waals surface area contributed by atoms with Crippen LogP contribution in [0.25, 0.3) is 0 Å². The number of carbonyl (C=O) groups is 1. The van der Waals surface area contributed by atoms with Crippen LogP contribution in [0.15, 0.2) is 0 Å². The first-order valence-corrected chi connectivity index (χ1v) is 6.91. The number of hydrogen-bond acceptors (Lipinski definition) is 3. The number of carboxylic acids is 1. The number of halogens is 1. The minimum Gasteiger partial charge on any atom is -0.481 e. The number of carboxylic acid groups (broad SMARTS) is 1. The maximum atomic E-state index is 11.4. The zero-order valence-corrected chi connectivity index (χ0v) is 12.4. The summed E-state index contributed by atoms with van der Waals surface area (Å²) in [5.74, 6) is -0.690. The third-order valence-corrected chi connectivity index (χ3v) is 4.69. The average molecular weight is 286 g/mol. The Bertz CT molecular complexity index is 500. The number of nitrogens with zero attached hydrogens (tertiary/aromatic N) is 3. The fraction of sp³-hybridized carbons (Fsp3) is 0.692. The van der Waals surface area contributed by atoms with Crippen LogP contribution in [0.4, 0.5) is 0 Å². The summed E-state index contributed by atoms with van der Waals surface area (Å²) in [5.41, 5.74) is 1.18. The first-order chi connectivity index (χ1) is 8.89. The van der Waals surface area contributed by atoms with Crippen LogP contribution in [0.3, 0.4) is 0 Å². The van der Waals surface area contributed by atoms with Crippen molar-refractivity contribution < 1.29 is 9.90 Å². The number of hydrogen-bond donors (Lipinski definition) is 1. The second-order valence-corrected chi connectivity index (χ2v) is 5.75. The van der Waals surface area contributed by atoms with Crippen LogP contribution in [0.1, 0.15) is 31.2 Å². The summed E-state index contributed by atoms with van der Waals surface area (Å²) in [5, 5.41) is 14.4. The normalized spacial score (nSPS) is 24.0. The zero-order chi connectivity index (χ0) is 14.2. The number of likely N-dealkylation sites (tertiary alicyclic amines) is 1. The molecule has 6 heteroatoms. The van der Waals surface area contributed by atoms with Crippen LogP contribution in [0, 0.1) is 12.3 Å². The molecule has 1 aliphatic heterocycles. The quantitative estimate of drug-likeness (QED) is 0.920. The summed E-state index contributed by atoms with van der Waals surface area (Å²) in [6.45, 7) is 5.85. The van der Waals surface area contributed by atoms with Crippen molar-refractivity contribution in [1.82, 2.24) is 14.7 Å². The maximum Gasteiger partial charge on any atom is 0.310 e. The number of aromatic nitrogens is 2. The van der Waals surface area contributed by atoms with Gasteiger partial charge in [0.05, 0.1) is 21.8 Å². The van der Waals surface area contributed by atoms with Gasteiger partial charge in [0.2, 0.25) is 0 Å². The Morgan fingerprint density at radius 2 is 2.26 bits per heavy atom. The summed E-state index contributed by atoms with van der Waals surface area (Å²) >= 11 is 6.23. The molecule has 0 saturated carbocycles. The molecule has 0 bridgehead atoms. The highest BCUT2D eigenvalue weighted by Crippen LogP contribution is 2.35. The van der Waals surface area contributed by atoms with Crippen molar-refractivity contribution in [3.63, 3.8) is 0 Å². The van der Waals surface area contributed by atoms with Gasteiger partial charge in [-0.3, -0.25) is 14.4 Å². The van der Waals surface area contributed by atoms with Gasteiger partial charge in [-0.15, -0.1) is 0 Å². The van der Waals surface area contributed by atoms with Crippen molar-refractivity contribution >= 4 is 17.6 Å². The lowest BCUT2D eigenvalue weighted by atomic mass is 9.84. The molecule has 2 rings (SSSR count). The summed E-state index contributed by atoms with van der Waals surface area (Å²) in [6, 6.07) is 0. The maximum absolute atomic E-state index is 11.4. The standard InChI is InChI=1S/C13H20ClN3O2/c1-4-13(12(18)19)5-6-17(8-13)7-10-11(14)9(2)15-16(10)3/h4-8H2,1-3H3,(H,18,19). The van der Waals surface area contributed by atoms with Gasteiger partial charge in [0.1, 0.15) is 0 Å². The van der Waals surface area contributed by atoms with Crippen LogP contribution in [0.5, 0.6) is 0 Å². The SMILES string of the molecule is CCC1(C(=O)O)CCN(Cc2c(Cl)c(C)nn2C)C1. The molecule has 1 fully saturated rings. The van der Waals surface area contributed by atoms with E-state index < -0.39 is 11.4 Å². The molecule has 1 atom stereocenters. The molecule has 0 spiro atoms. The van der Waals surface area contributed by atoms with Crippen LogP contribution >= 0.6 is 11.6 Å². The molecule has 1 N–H and O–H groups in total. The fourth-order valence-corrected chi connectivity index (χ4v) is 2.99. The molecule has 106 valence electrons. The van der Waals surface area contributed by atoms with Gasteiger partial charge in [-0.1, -0.05) is 18.5 Å². The van der Waals surface area contributed by atoms with Gasteiger partial charge in [0.25, 0.3) is 0 Å². The lowest BCUT2D eigenvalue weighted by molar-refractivity contribution is -0.148. The minimum absolute atomic E-state index is 0.583. The summed E-state index contributed by atoms with van der Waals surface area (Å²) in [6.07, 6.45) is 1.37. The monoisotopic (exact) mass is 285 g/mol.